The molecule has 0 atom stereocenters. The second kappa shape index (κ2) is 3.52. The van der Waals surface area contributed by atoms with Gasteiger partial charge in [0.05, 0.1) is 0 Å². The maximum Gasteiger partial charge on any atom is -0.00134 e. The van der Waals surface area contributed by atoms with Crippen molar-refractivity contribution in [3.63, 3.8) is 0 Å². The summed E-state index contributed by atoms with van der Waals surface area (Å²) in [5, 5.41) is 13.9. The Morgan fingerprint density at radius 1 is 0.375 bits per heavy atom. The van der Waals surface area contributed by atoms with Crippen molar-refractivity contribution in [1.29, 1.82) is 0 Å². The average molecular weight is 300 g/mol. The van der Waals surface area contributed by atoms with Gasteiger partial charge in [0, 0.05) is 0 Å². The third-order valence-electron chi connectivity index (χ3n) is 5.83. The molecule has 0 unspecified atom stereocenters. The summed E-state index contributed by atoms with van der Waals surface area (Å²) in [6.07, 6.45) is 4.52. The van der Waals surface area contributed by atoms with Gasteiger partial charge in [-0.05, 0) is 83.2 Å². The summed E-state index contributed by atoms with van der Waals surface area (Å²) >= 11 is 0. The number of hydrogen-bond acceptors (Lipinski definition) is 0. The van der Waals surface area contributed by atoms with Crippen molar-refractivity contribution < 1.29 is 0 Å². The van der Waals surface area contributed by atoms with Gasteiger partial charge in [-0.1, -0.05) is 54.6 Å². The Bertz CT molecular complexity index is 1480. The molecule has 0 heterocycles. The van der Waals surface area contributed by atoms with Crippen LogP contribution in [0.3, 0.4) is 0 Å². The molecule has 24 heavy (non-hydrogen) atoms. The van der Waals surface area contributed by atoms with Crippen LogP contribution in [0.2, 0.25) is 0 Å². The lowest BCUT2D eigenvalue weighted by Gasteiger charge is -2.18. The molecule has 1 aliphatic rings. The van der Waals surface area contributed by atoms with E-state index < -0.39 is 0 Å². The molecule has 0 saturated carbocycles. The van der Waals surface area contributed by atoms with Crippen molar-refractivity contribution in [2.45, 2.75) is 0 Å². The SMILES string of the molecule is C1=Cc2cc3cc4cccc5ccc6cc7ccc1c2c7c3c6c54. The molecule has 0 radical (unpaired) electrons. The third kappa shape index (κ3) is 1.11. The number of benzene rings is 6. The van der Waals surface area contributed by atoms with Gasteiger partial charge in [-0.3, -0.25) is 0 Å². The van der Waals surface area contributed by atoms with E-state index in [1.165, 1.54) is 65.0 Å². The summed E-state index contributed by atoms with van der Waals surface area (Å²) in [6, 6.07) is 22.9. The van der Waals surface area contributed by atoms with Gasteiger partial charge < -0.3 is 0 Å². The van der Waals surface area contributed by atoms with Gasteiger partial charge in [-0.15, -0.1) is 0 Å². The molecule has 6 aromatic carbocycles. The highest BCUT2D eigenvalue weighted by Crippen LogP contribution is 2.46. The molecule has 0 aromatic heterocycles. The first kappa shape index (κ1) is 11.4. The zero-order valence-corrected chi connectivity index (χ0v) is 12.9. The molecule has 108 valence electrons. The summed E-state index contributed by atoms with van der Waals surface area (Å²) in [5.41, 5.74) is 2.72. The third-order valence-corrected chi connectivity index (χ3v) is 5.83. The van der Waals surface area contributed by atoms with Crippen molar-refractivity contribution >= 4 is 66.0 Å². The fourth-order valence-corrected chi connectivity index (χ4v) is 4.89. The van der Waals surface area contributed by atoms with Crippen molar-refractivity contribution in [2.75, 3.05) is 0 Å². The van der Waals surface area contributed by atoms with Crippen LogP contribution in [0, 0.1) is 0 Å². The van der Waals surface area contributed by atoms with Crippen LogP contribution in [0.15, 0.2) is 60.7 Å². The minimum Gasteiger partial charge on any atom is -0.0610 e. The Morgan fingerprint density at radius 3 is 1.96 bits per heavy atom. The van der Waals surface area contributed by atoms with Crippen LogP contribution in [0.4, 0.5) is 0 Å². The zero-order chi connectivity index (χ0) is 15.4. The van der Waals surface area contributed by atoms with E-state index in [0.29, 0.717) is 0 Å². The smallest absolute Gasteiger partial charge is 0.00134 e. The van der Waals surface area contributed by atoms with Crippen LogP contribution in [0.5, 0.6) is 0 Å². The molecule has 0 bridgehead atoms. The predicted molar refractivity (Wildman–Crippen MR) is 105 cm³/mol. The first-order chi connectivity index (χ1) is 11.9. The minimum absolute atomic E-state index is 1.34. The molecule has 7 rings (SSSR count). The van der Waals surface area contributed by atoms with E-state index in [0.717, 1.165) is 0 Å². The van der Waals surface area contributed by atoms with Crippen LogP contribution < -0.4 is 0 Å². The Labute approximate surface area is 138 Å². The highest BCUT2D eigenvalue weighted by molar-refractivity contribution is 6.38. The Hall–Kier alpha value is -3.12. The summed E-state index contributed by atoms with van der Waals surface area (Å²) in [7, 11) is 0. The molecule has 0 aliphatic heterocycles. The van der Waals surface area contributed by atoms with E-state index in [1.807, 2.05) is 0 Å². The van der Waals surface area contributed by atoms with E-state index in [2.05, 4.69) is 72.8 Å². The average Bonchev–Trinajstić information content (AvgIpc) is 3.03. The van der Waals surface area contributed by atoms with Gasteiger partial charge in [0.25, 0.3) is 0 Å². The van der Waals surface area contributed by atoms with E-state index in [9.17, 15) is 0 Å². The van der Waals surface area contributed by atoms with E-state index in [1.54, 1.807) is 0 Å². The topological polar surface area (TPSA) is 0 Å². The summed E-state index contributed by atoms with van der Waals surface area (Å²) in [4.78, 5) is 0. The summed E-state index contributed by atoms with van der Waals surface area (Å²) in [5.74, 6) is 0. The highest BCUT2D eigenvalue weighted by Gasteiger charge is 2.19. The molecule has 0 saturated heterocycles. The van der Waals surface area contributed by atoms with Gasteiger partial charge in [0.1, 0.15) is 0 Å². The van der Waals surface area contributed by atoms with Gasteiger partial charge in [0.15, 0.2) is 0 Å². The molecule has 0 N–H and O–H groups in total. The Kier molecular flexibility index (Phi) is 1.67. The first-order valence-corrected chi connectivity index (χ1v) is 8.46. The fraction of sp³-hybridized carbons (Fsp3) is 0. The van der Waals surface area contributed by atoms with E-state index >= 15 is 0 Å². The van der Waals surface area contributed by atoms with Crippen LogP contribution >= 0.6 is 0 Å². The lowest BCUT2D eigenvalue weighted by molar-refractivity contribution is 1.77. The molecule has 0 heteroatoms. The second-order valence-corrected chi connectivity index (χ2v) is 7.02. The van der Waals surface area contributed by atoms with Crippen molar-refractivity contribution in [2.24, 2.45) is 0 Å². The van der Waals surface area contributed by atoms with Crippen molar-refractivity contribution in [1.82, 2.24) is 0 Å². The van der Waals surface area contributed by atoms with E-state index in [-0.39, 0.29) is 0 Å². The standard InChI is InChI=1S/C24H12/c1-2-13-4-8-17-10-18-9-6-14-5-7-16-12-19-11-15(3-1)20(13)22(17)24(19)23(18)21(14)16/h1-12H. The largest absolute Gasteiger partial charge is 0.0610 e. The zero-order valence-electron chi connectivity index (χ0n) is 12.9. The lowest BCUT2D eigenvalue weighted by Crippen LogP contribution is -1.90. The normalized spacial score (nSPS) is 13.7. The quantitative estimate of drug-likeness (QED) is 0.213. The summed E-state index contributed by atoms with van der Waals surface area (Å²) < 4.78 is 0. The molecule has 1 aliphatic carbocycles. The number of hydrogen-bond donors (Lipinski definition) is 0. The van der Waals surface area contributed by atoms with Gasteiger partial charge in [-0.25, -0.2) is 0 Å². The molecular weight excluding hydrogens is 288 g/mol. The van der Waals surface area contributed by atoms with E-state index in [4.69, 9.17) is 0 Å². The maximum atomic E-state index is 2.37. The molecule has 0 spiro atoms. The summed E-state index contributed by atoms with van der Waals surface area (Å²) in [6.45, 7) is 0. The van der Waals surface area contributed by atoms with Crippen molar-refractivity contribution in [3.8, 4) is 0 Å². The fourth-order valence-electron chi connectivity index (χ4n) is 4.89. The van der Waals surface area contributed by atoms with Crippen LogP contribution in [-0.2, 0) is 0 Å². The monoisotopic (exact) mass is 300 g/mol. The van der Waals surface area contributed by atoms with Crippen molar-refractivity contribution in [3.05, 3.63) is 71.8 Å². The van der Waals surface area contributed by atoms with Crippen LogP contribution in [-0.4, -0.2) is 0 Å². The predicted octanol–water partition coefficient (Wildman–Crippen LogP) is 6.81. The van der Waals surface area contributed by atoms with Gasteiger partial charge in [0.2, 0.25) is 0 Å². The molecule has 0 nitrogen and oxygen atoms in total. The Balaban J connectivity index is 1.99. The Morgan fingerprint density at radius 2 is 1.00 bits per heavy atom. The first-order valence-electron chi connectivity index (χ1n) is 8.46. The molecule has 0 fully saturated rings. The lowest BCUT2D eigenvalue weighted by atomic mass is 9.85. The minimum atomic E-state index is 1.34. The van der Waals surface area contributed by atoms with Gasteiger partial charge >= 0.3 is 0 Å². The van der Waals surface area contributed by atoms with Crippen LogP contribution in [0.1, 0.15) is 11.1 Å². The molecular formula is C24H12. The second-order valence-electron chi connectivity index (χ2n) is 7.02. The molecule has 6 aromatic rings. The highest BCUT2D eigenvalue weighted by atomic mass is 14.2. The van der Waals surface area contributed by atoms with Crippen LogP contribution in [0.25, 0.3) is 66.0 Å². The maximum absolute atomic E-state index is 2.37. The van der Waals surface area contributed by atoms with Gasteiger partial charge in [-0.2, -0.15) is 0 Å². The molecule has 0 amide bonds. The number of rotatable bonds is 0.